The summed E-state index contributed by atoms with van der Waals surface area (Å²) in [5.74, 6) is -0.0318. The van der Waals surface area contributed by atoms with Gasteiger partial charge in [0.05, 0.1) is 17.9 Å². The first-order valence-electron chi connectivity index (χ1n) is 10.4. The first-order chi connectivity index (χ1) is 14.6. The summed E-state index contributed by atoms with van der Waals surface area (Å²) in [6.07, 6.45) is 4.76. The molecule has 0 radical (unpaired) electrons. The van der Waals surface area contributed by atoms with Crippen LogP contribution in [-0.2, 0) is 4.79 Å². The minimum absolute atomic E-state index is 0.00490. The fraction of sp³-hybridized carbons (Fsp3) is 0.348. The van der Waals surface area contributed by atoms with E-state index in [4.69, 9.17) is 4.74 Å². The van der Waals surface area contributed by atoms with E-state index in [9.17, 15) is 9.18 Å². The quantitative estimate of drug-likeness (QED) is 0.456. The van der Waals surface area contributed by atoms with Crippen LogP contribution in [0.25, 0.3) is 17.1 Å². The minimum atomic E-state index is -0.388. The monoisotopic (exact) mass is 410 g/mol. The van der Waals surface area contributed by atoms with Crippen molar-refractivity contribution in [2.24, 2.45) is 0 Å². The molecule has 2 aromatic carbocycles. The molecule has 3 aromatic rings. The average Bonchev–Trinajstić information content (AvgIpc) is 3.16. The van der Waals surface area contributed by atoms with E-state index in [1.54, 1.807) is 47.1 Å². The van der Waals surface area contributed by atoms with Crippen LogP contribution in [0.2, 0.25) is 0 Å². The van der Waals surface area contributed by atoms with E-state index in [-0.39, 0.29) is 17.7 Å². The third-order valence-electron chi connectivity index (χ3n) is 4.63. The summed E-state index contributed by atoms with van der Waals surface area (Å²) in [5, 5.41) is 7.28. The number of nitrogens with zero attached hydrogens (tertiary/aromatic N) is 3. The SMILES string of the molecule is CCCCCCC(=O)Nc1ccc(-n2nc(OCC)nc2-c2ccccc2F)cc1. The average molecular weight is 410 g/mol. The van der Waals surface area contributed by atoms with Gasteiger partial charge in [-0.15, -0.1) is 5.10 Å². The number of ether oxygens (including phenoxy) is 1. The van der Waals surface area contributed by atoms with Crippen molar-refractivity contribution in [1.29, 1.82) is 0 Å². The van der Waals surface area contributed by atoms with Crippen LogP contribution in [0.15, 0.2) is 48.5 Å². The molecule has 0 bridgehead atoms. The number of benzene rings is 2. The van der Waals surface area contributed by atoms with Crippen molar-refractivity contribution < 1.29 is 13.9 Å². The number of carbonyl (C=O) groups excluding carboxylic acids is 1. The van der Waals surface area contributed by atoms with Crippen molar-refractivity contribution in [2.45, 2.75) is 46.0 Å². The van der Waals surface area contributed by atoms with Crippen LogP contribution in [0.5, 0.6) is 6.01 Å². The molecular formula is C23H27FN4O2. The molecule has 0 atom stereocenters. The van der Waals surface area contributed by atoms with Crippen LogP contribution < -0.4 is 10.1 Å². The molecule has 0 unspecified atom stereocenters. The van der Waals surface area contributed by atoms with Crippen LogP contribution in [0.1, 0.15) is 46.0 Å². The van der Waals surface area contributed by atoms with E-state index in [1.165, 1.54) is 6.07 Å². The number of hydrogen-bond donors (Lipinski definition) is 1. The number of unbranched alkanes of at least 4 members (excludes halogenated alkanes) is 3. The van der Waals surface area contributed by atoms with Gasteiger partial charge < -0.3 is 10.1 Å². The Balaban J connectivity index is 1.79. The van der Waals surface area contributed by atoms with Gasteiger partial charge in [0, 0.05) is 12.1 Å². The van der Waals surface area contributed by atoms with Gasteiger partial charge in [0.1, 0.15) is 5.82 Å². The molecule has 6 nitrogen and oxygen atoms in total. The fourth-order valence-corrected chi connectivity index (χ4v) is 3.10. The molecule has 0 aliphatic heterocycles. The van der Waals surface area contributed by atoms with Gasteiger partial charge in [-0.2, -0.15) is 4.98 Å². The van der Waals surface area contributed by atoms with E-state index in [1.807, 2.05) is 6.92 Å². The molecule has 0 fully saturated rings. The number of aromatic nitrogens is 3. The van der Waals surface area contributed by atoms with E-state index < -0.39 is 0 Å². The Morgan fingerprint density at radius 2 is 1.83 bits per heavy atom. The van der Waals surface area contributed by atoms with Gasteiger partial charge in [-0.1, -0.05) is 38.3 Å². The van der Waals surface area contributed by atoms with Crippen LogP contribution in [0, 0.1) is 5.82 Å². The number of rotatable bonds is 10. The van der Waals surface area contributed by atoms with Crippen molar-refractivity contribution in [1.82, 2.24) is 14.8 Å². The molecule has 0 aliphatic carbocycles. The summed E-state index contributed by atoms with van der Waals surface area (Å²) in [7, 11) is 0. The highest BCUT2D eigenvalue weighted by molar-refractivity contribution is 5.90. The Bertz CT molecular complexity index is 970. The normalized spacial score (nSPS) is 10.8. The van der Waals surface area contributed by atoms with Gasteiger partial charge in [-0.05, 0) is 49.7 Å². The van der Waals surface area contributed by atoms with Crippen molar-refractivity contribution in [3.05, 3.63) is 54.3 Å². The molecule has 7 heteroatoms. The van der Waals surface area contributed by atoms with Crippen molar-refractivity contribution >= 4 is 11.6 Å². The highest BCUT2D eigenvalue weighted by Gasteiger charge is 2.17. The lowest BCUT2D eigenvalue weighted by molar-refractivity contribution is -0.116. The van der Waals surface area contributed by atoms with Gasteiger partial charge in [-0.3, -0.25) is 4.79 Å². The van der Waals surface area contributed by atoms with E-state index >= 15 is 0 Å². The number of carbonyl (C=O) groups is 1. The summed E-state index contributed by atoms with van der Waals surface area (Å²) in [6.45, 7) is 4.39. The van der Waals surface area contributed by atoms with Crippen molar-refractivity contribution in [2.75, 3.05) is 11.9 Å². The molecule has 0 aliphatic rings. The molecule has 30 heavy (non-hydrogen) atoms. The predicted octanol–water partition coefficient (Wildman–Crippen LogP) is 5.38. The Hall–Kier alpha value is -3.22. The Labute approximate surface area is 176 Å². The lowest BCUT2D eigenvalue weighted by atomic mass is 10.1. The van der Waals surface area contributed by atoms with Crippen molar-refractivity contribution in [3.8, 4) is 23.1 Å². The Kier molecular flexibility index (Phi) is 7.54. The molecule has 1 amide bonds. The molecule has 158 valence electrons. The molecule has 1 aromatic heterocycles. The van der Waals surface area contributed by atoms with Gasteiger partial charge in [0.25, 0.3) is 0 Å². The van der Waals surface area contributed by atoms with E-state index in [2.05, 4.69) is 22.3 Å². The Morgan fingerprint density at radius 1 is 1.07 bits per heavy atom. The summed E-state index contributed by atoms with van der Waals surface area (Å²) in [6, 6.07) is 13.8. The predicted molar refractivity (Wildman–Crippen MR) is 115 cm³/mol. The minimum Gasteiger partial charge on any atom is -0.463 e. The summed E-state index contributed by atoms with van der Waals surface area (Å²) in [4.78, 5) is 16.4. The highest BCUT2D eigenvalue weighted by Crippen LogP contribution is 2.26. The van der Waals surface area contributed by atoms with Crippen LogP contribution in [0.3, 0.4) is 0 Å². The number of amides is 1. The first kappa shape index (κ1) is 21.5. The van der Waals surface area contributed by atoms with Gasteiger partial charge >= 0.3 is 6.01 Å². The third kappa shape index (κ3) is 5.43. The number of halogens is 1. The van der Waals surface area contributed by atoms with Crippen LogP contribution in [0.4, 0.5) is 10.1 Å². The largest absolute Gasteiger partial charge is 0.463 e. The maximum atomic E-state index is 14.4. The maximum absolute atomic E-state index is 14.4. The molecule has 1 heterocycles. The third-order valence-corrected chi connectivity index (χ3v) is 4.63. The highest BCUT2D eigenvalue weighted by atomic mass is 19.1. The van der Waals surface area contributed by atoms with Gasteiger partial charge in [0.15, 0.2) is 5.82 Å². The lowest BCUT2D eigenvalue weighted by Crippen LogP contribution is -2.11. The first-order valence-corrected chi connectivity index (χ1v) is 10.4. The topological polar surface area (TPSA) is 69.0 Å². The molecule has 1 N–H and O–H groups in total. The second-order valence-corrected chi connectivity index (χ2v) is 6.95. The zero-order valence-corrected chi connectivity index (χ0v) is 17.4. The summed E-state index contributed by atoms with van der Waals surface area (Å²) in [5.41, 5.74) is 1.73. The zero-order chi connectivity index (χ0) is 21.3. The standard InChI is InChI=1S/C23H27FN4O2/c1-3-5-6-7-12-21(29)25-17-13-15-18(16-14-17)28-22(26-23(27-28)30-4-2)19-10-8-9-11-20(19)24/h8-11,13-16H,3-7,12H2,1-2H3,(H,25,29). The van der Waals surface area contributed by atoms with E-state index in [0.717, 1.165) is 25.7 Å². The molecule has 0 saturated heterocycles. The number of anilines is 1. The van der Waals surface area contributed by atoms with Crippen LogP contribution >= 0.6 is 0 Å². The number of nitrogens with one attached hydrogen (secondary N) is 1. The van der Waals surface area contributed by atoms with Gasteiger partial charge in [0.2, 0.25) is 5.91 Å². The summed E-state index contributed by atoms with van der Waals surface area (Å²) < 4.78 is 21.3. The second kappa shape index (κ2) is 10.5. The van der Waals surface area contributed by atoms with E-state index in [0.29, 0.717) is 35.8 Å². The molecule has 3 rings (SSSR count). The number of hydrogen-bond acceptors (Lipinski definition) is 4. The molecule has 0 spiro atoms. The smallest absolute Gasteiger partial charge is 0.336 e. The zero-order valence-electron chi connectivity index (χ0n) is 17.4. The second-order valence-electron chi connectivity index (χ2n) is 6.95. The van der Waals surface area contributed by atoms with Crippen LogP contribution in [-0.4, -0.2) is 27.3 Å². The maximum Gasteiger partial charge on any atom is 0.336 e. The van der Waals surface area contributed by atoms with Crippen molar-refractivity contribution in [3.63, 3.8) is 0 Å². The fourth-order valence-electron chi connectivity index (χ4n) is 3.10. The lowest BCUT2D eigenvalue weighted by Gasteiger charge is -2.09. The van der Waals surface area contributed by atoms with Gasteiger partial charge in [-0.25, -0.2) is 9.07 Å². The summed E-state index contributed by atoms with van der Waals surface area (Å²) >= 11 is 0. The molecule has 0 saturated carbocycles. The Morgan fingerprint density at radius 3 is 2.53 bits per heavy atom. The molecular weight excluding hydrogens is 383 g/mol.